The van der Waals surface area contributed by atoms with Crippen LogP contribution in [0.2, 0.25) is 0 Å². The summed E-state index contributed by atoms with van der Waals surface area (Å²) in [6, 6.07) is 4.91. The maximum Gasteiger partial charge on any atom is 0.166 e. The molecule has 0 unspecified atom stereocenters. The van der Waals surface area contributed by atoms with Crippen molar-refractivity contribution in [3.8, 4) is 11.5 Å². The maximum atomic E-state index is 9.46. The molecule has 0 heterocycles. The predicted octanol–water partition coefficient (Wildman–Crippen LogP) is 1.84. The number of hydrogen-bond donors (Lipinski definition) is 2. The van der Waals surface area contributed by atoms with Gasteiger partial charge in [-0.3, -0.25) is 0 Å². The van der Waals surface area contributed by atoms with Crippen molar-refractivity contribution in [2.75, 3.05) is 6.61 Å². The third-order valence-electron chi connectivity index (χ3n) is 1.81. The first-order valence-corrected chi connectivity index (χ1v) is 4.45. The second-order valence-corrected chi connectivity index (χ2v) is 2.85. The molecule has 1 aromatic rings. The Balaban J connectivity index is 2.76. The van der Waals surface area contributed by atoms with Crippen LogP contribution in [0, 0.1) is 0 Å². The van der Waals surface area contributed by atoms with Gasteiger partial charge in [0.1, 0.15) is 0 Å². The van der Waals surface area contributed by atoms with Gasteiger partial charge in [-0.15, -0.1) is 6.58 Å². The first-order valence-electron chi connectivity index (χ1n) is 4.45. The maximum absolute atomic E-state index is 9.46. The number of rotatable bonds is 5. The van der Waals surface area contributed by atoms with E-state index in [1.165, 1.54) is 6.07 Å². The van der Waals surface area contributed by atoms with Crippen LogP contribution in [0.25, 0.3) is 0 Å². The molecule has 0 aliphatic carbocycles. The number of aliphatic hydroxyl groups excluding tert-OH is 1. The molecule has 14 heavy (non-hydrogen) atoms. The number of ether oxygens (including phenoxy) is 1. The number of benzene rings is 1. The molecule has 0 aliphatic rings. The Bertz CT molecular complexity index is 307. The summed E-state index contributed by atoms with van der Waals surface area (Å²) in [5.74, 6) is 0.414. The Morgan fingerprint density at radius 3 is 2.86 bits per heavy atom. The van der Waals surface area contributed by atoms with Crippen LogP contribution in [0.15, 0.2) is 30.9 Å². The zero-order chi connectivity index (χ0) is 10.4. The van der Waals surface area contributed by atoms with E-state index >= 15 is 0 Å². The highest BCUT2D eigenvalue weighted by Crippen LogP contribution is 2.29. The molecule has 1 rings (SSSR count). The number of phenolic OH excluding ortho intramolecular Hbond substituents is 1. The summed E-state index contributed by atoms with van der Waals surface area (Å²) in [4.78, 5) is 0. The zero-order valence-electron chi connectivity index (χ0n) is 7.94. The highest BCUT2D eigenvalue weighted by atomic mass is 16.5. The van der Waals surface area contributed by atoms with E-state index in [-0.39, 0.29) is 12.4 Å². The minimum absolute atomic E-state index is 0.0561. The second kappa shape index (κ2) is 5.29. The van der Waals surface area contributed by atoms with Crippen molar-refractivity contribution in [1.82, 2.24) is 0 Å². The van der Waals surface area contributed by atoms with Crippen LogP contribution in [0.5, 0.6) is 11.5 Å². The van der Waals surface area contributed by atoms with Gasteiger partial charge in [0.25, 0.3) is 0 Å². The van der Waals surface area contributed by atoms with Gasteiger partial charge in [0.15, 0.2) is 11.5 Å². The Hall–Kier alpha value is -1.48. The highest BCUT2D eigenvalue weighted by Gasteiger charge is 2.07. The molecular formula is C11H14O3. The summed E-state index contributed by atoms with van der Waals surface area (Å²) in [7, 11) is 0. The Labute approximate surface area is 83.3 Å². The normalized spacial score (nSPS) is 9.79. The van der Waals surface area contributed by atoms with Crippen LogP contribution in [-0.2, 0) is 6.61 Å². The number of aliphatic hydroxyl groups is 1. The van der Waals surface area contributed by atoms with Crippen molar-refractivity contribution in [2.24, 2.45) is 0 Å². The molecule has 0 aromatic heterocycles. The Kier molecular flexibility index (Phi) is 4.01. The molecule has 0 amide bonds. The minimum Gasteiger partial charge on any atom is -0.504 e. The Morgan fingerprint density at radius 1 is 1.43 bits per heavy atom. The molecular weight excluding hydrogens is 180 g/mol. The molecule has 0 atom stereocenters. The van der Waals surface area contributed by atoms with Gasteiger partial charge in [-0.1, -0.05) is 18.2 Å². The summed E-state index contributed by atoms with van der Waals surface area (Å²) in [6.45, 7) is 3.88. The number of phenols is 1. The van der Waals surface area contributed by atoms with Crippen LogP contribution in [0.4, 0.5) is 0 Å². The lowest BCUT2D eigenvalue weighted by Crippen LogP contribution is -1.99. The molecule has 0 saturated carbocycles. The molecule has 2 N–H and O–H groups in total. The highest BCUT2D eigenvalue weighted by molar-refractivity contribution is 5.45. The van der Waals surface area contributed by atoms with Crippen molar-refractivity contribution >= 4 is 0 Å². The monoisotopic (exact) mass is 194 g/mol. The van der Waals surface area contributed by atoms with Crippen LogP contribution < -0.4 is 4.74 Å². The topological polar surface area (TPSA) is 49.7 Å². The summed E-state index contributed by atoms with van der Waals surface area (Å²) >= 11 is 0. The summed E-state index contributed by atoms with van der Waals surface area (Å²) < 4.78 is 5.32. The van der Waals surface area contributed by atoms with Crippen molar-refractivity contribution in [2.45, 2.75) is 13.0 Å². The van der Waals surface area contributed by atoms with Crippen LogP contribution in [0.1, 0.15) is 12.0 Å². The van der Waals surface area contributed by atoms with Crippen molar-refractivity contribution < 1.29 is 14.9 Å². The average molecular weight is 194 g/mol. The lowest BCUT2D eigenvalue weighted by molar-refractivity contribution is 0.258. The van der Waals surface area contributed by atoms with E-state index in [1.54, 1.807) is 18.2 Å². The van der Waals surface area contributed by atoms with Crippen LogP contribution >= 0.6 is 0 Å². The molecule has 0 aliphatic heterocycles. The fourth-order valence-corrected chi connectivity index (χ4v) is 1.11. The van der Waals surface area contributed by atoms with Gasteiger partial charge < -0.3 is 14.9 Å². The fourth-order valence-electron chi connectivity index (χ4n) is 1.11. The quantitative estimate of drug-likeness (QED) is 0.555. The van der Waals surface area contributed by atoms with E-state index in [0.717, 1.165) is 0 Å². The average Bonchev–Trinajstić information content (AvgIpc) is 2.20. The molecule has 0 spiro atoms. The molecule has 3 nitrogen and oxygen atoms in total. The standard InChI is InChI=1S/C11H14O3/c1-2-3-7-14-11-9(8-12)5-4-6-10(11)13/h2,4-6,12-13H,1,3,7-8H2. The fraction of sp³-hybridized carbons (Fsp3) is 0.273. The van der Waals surface area contributed by atoms with E-state index in [2.05, 4.69) is 6.58 Å². The number of para-hydroxylation sites is 1. The van der Waals surface area contributed by atoms with Crippen molar-refractivity contribution in [3.63, 3.8) is 0 Å². The number of hydrogen-bond acceptors (Lipinski definition) is 3. The SMILES string of the molecule is C=CCCOc1c(O)cccc1CO. The summed E-state index contributed by atoms with van der Waals surface area (Å²) in [5.41, 5.74) is 0.592. The predicted molar refractivity (Wildman–Crippen MR) is 54.3 cm³/mol. The van der Waals surface area contributed by atoms with Crippen LogP contribution in [-0.4, -0.2) is 16.8 Å². The first-order chi connectivity index (χ1) is 6.79. The molecule has 3 heteroatoms. The van der Waals surface area contributed by atoms with Gasteiger partial charge >= 0.3 is 0 Å². The van der Waals surface area contributed by atoms with E-state index < -0.39 is 0 Å². The van der Waals surface area contributed by atoms with Gasteiger partial charge in [0.05, 0.1) is 13.2 Å². The molecule has 0 radical (unpaired) electrons. The summed E-state index contributed by atoms with van der Waals surface area (Å²) in [6.07, 6.45) is 2.44. The molecule has 76 valence electrons. The van der Waals surface area contributed by atoms with E-state index in [0.29, 0.717) is 24.3 Å². The largest absolute Gasteiger partial charge is 0.504 e. The van der Waals surface area contributed by atoms with E-state index in [9.17, 15) is 5.11 Å². The lowest BCUT2D eigenvalue weighted by Gasteiger charge is -2.10. The van der Waals surface area contributed by atoms with Gasteiger partial charge in [0, 0.05) is 5.56 Å². The van der Waals surface area contributed by atoms with Gasteiger partial charge in [-0.05, 0) is 12.5 Å². The van der Waals surface area contributed by atoms with Gasteiger partial charge in [-0.2, -0.15) is 0 Å². The number of aromatic hydroxyl groups is 1. The third kappa shape index (κ3) is 2.50. The van der Waals surface area contributed by atoms with E-state index in [1.807, 2.05) is 0 Å². The zero-order valence-corrected chi connectivity index (χ0v) is 7.94. The summed E-state index contributed by atoms with van der Waals surface area (Å²) in [5, 5.41) is 18.4. The van der Waals surface area contributed by atoms with Crippen molar-refractivity contribution in [3.05, 3.63) is 36.4 Å². The van der Waals surface area contributed by atoms with Crippen molar-refractivity contribution in [1.29, 1.82) is 0 Å². The molecule has 0 bridgehead atoms. The van der Waals surface area contributed by atoms with Gasteiger partial charge in [0.2, 0.25) is 0 Å². The third-order valence-corrected chi connectivity index (χ3v) is 1.81. The first kappa shape index (κ1) is 10.6. The van der Waals surface area contributed by atoms with E-state index in [4.69, 9.17) is 9.84 Å². The smallest absolute Gasteiger partial charge is 0.166 e. The molecule has 0 saturated heterocycles. The molecule has 1 aromatic carbocycles. The second-order valence-electron chi connectivity index (χ2n) is 2.85. The Morgan fingerprint density at radius 2 is 2.21 bits per heavy atom. The lowest BCUT2D eigenvalue weighted by atomic mass is 10.2. The molecule has 0 fully saturated rings. The van der Waals surface area contributed by atoms with Crippen LogP contribution in [0.3, 0.4) is 0 Å². The van der Waals surface area contributed by atoms with Gasteiger partial charge in [-0.25, -0.2) is 0 Å². The minimum atomic E-state index is -0.141.